The van der Waals surface area contributed by atoms with Gasteiger partial charge in [0.25, 0.3) is 0 Å². The zero-order valence-corrected chi connectivity index (χ0v) is 9.36. The predicted molar refractivity (Wildman–Crippen MR) is 54.8 cm³/mol. The molecule has 0 unspecified atom stereocenters. The monoisotopic (exact) mass is 237 g/mol. The molecule has 0 aliphatic carbocycles. The molecule has 0 spiro atoms. The molecule has 1 N–H and O–H groups in total. The SMILES string of the molecule is Cc1ccc(CNS(=O)(=O)CCCl)o1. The Labute approximate surface area is 88.3 Å². The molecule has 0 saturated heterocycles. The molecular weight excluding hydrogens is 226 g/mol. The Morgan fingerprint density at radius 2 is 2.21 bits per heavy atom. The van der Waals surface area contributed by atoms with Crippen molar-refractivity contribution in [3.8, 4) is 0 Å². The molecule has 0 saturated carbocycles. The van der Waals surface area contributed by atoms with Gasteiger partial charge in [-0.1, -0.05) is 0 Å². The number of hydrogen-bond donors (Lipinski definition) is 1. The van der Waals surface area contributed by atoms with Crippen LogP contribution in [0.3, 0.4) is 0 Å². The number of rotatable bonds is 5. The molecule has 6 heteroatoms. The Hall–Kier alpha value is -0.520. The van der Waals surface area contributed by atoms with Crippen molar-refractivity contribution in [1.29, 1.82) is 0 Å². The first kappa shape index (κ1) is 11.6. The van der Waals surface area contributed by atoms with Gasteiger partial charge in [0.15, 0.2) is 0 Å². The van der Waals surface area contributed by atoms with Gasteiger partial charge in [0.05, 0.1) is 12.3 Å². The molecule has 0 atom stereocenters. The van der Waals surface area contributed by atoms with Crippen LogP contribution in [0.5, 0.6) is 0 Å². The van der Waals surface area contributed by atoms with Gasteiger partial charge in [-0.15, -0.1) is 11.6 Å². The molecule has 1 aromatic rings. The van der Waals surface area contributed by atoms with E-state index in [2.05, 4.69) is 4.72 Å². The Morgan fingerprint density at radius 1 is 1.50 bits per heavy atom. The summed E-state index contributed by atoms with van der Waals surface area (Å²) < 4.78 is 29.9. The van der Waals surface area contributed by atoms with Gasteiger partial charge in [0.2, 0.25) is 10.0 Å². The van der Waals surface area contributed by atoms with Gasteiger partial charge in [-0.2, -0.15) is 0 Å². The molecule has 0 fully saturated rings. The summed E-state index contributed by atoms with van der Waals surface area (Å²) in [6, 6.07) is 3.52. The molecule has 0 aliphatic heterocycles. The Balaban J connectivity index is 2.48. The summed E-state index contributed by atoms with van der Waals surface area (Å²) in [5.74, 6) is 1.37. The molecule has 0 radical (unpaired) electrons. The second-order valence-corrected chi connectivity index (χ2v) is 5.15. The second kappa shape index (κ2) is 4.82. The normalized spacial score (nSPS) is 11.9. The summed E-state index contributed by atoms with van der Waals surface area (Å²) >= 11 is 5.33. The summed E-state index contributed by atoms with van der Waals surface area (Å²) in [5, 5.41) is 0. The van der Waals surface area contributed by atoms with Gasteiger partial charge in [0, 0.05) is 5.88 Å². The average molecular weight is 238 g/mol. The van der Waals surface area contributed by atoms with Crippen LogP contribution in [0.2, 0.25) is 0 Å². The maximum Gasteiger partial charge on any atom is 0.213 e. The molecule has 0 aliphatic rings. The van der Waals surface area contributed by atoms with Crippen LogP contribution in [0.15, 0.2) is 16.5 Å². The van der Waals surface area contributed by atoms with E-state index in [-0.39, 0.29) is 18.2 Å². The lowest BCUT2D eigenvalue weighted by Gasteiger charge is -2.02. The molecule has 1 aromatic heterocycles. The minimum atomic E-state index is -3.26. The first-order valence-corrected chi connectivity index (χ1v) is 6.31. The molecule has 1 heterocycles. The Kier molecular flexibility index (Phi) is 3.97. The molecule has 0 amide bonds. The molecule has 80 valence electrons. The highest BCUT2D eigenvalue weighted by Gasteiger charge is 2.09. The smallest absolute Gasteiger partial charge is 0.213 e. The van der Waals surface area contributed by atoms with Crippen molar-refractivity contribution in [2.75, 3.05) is 11.6 Å². The van der Waals surface area contributed by atoms with Crippen LogP contribution in [0.4, 0.5) is 0 Å². The number of hydrogen-bond acceptors (Lipinski definition) is 3. The van der Waals surface area contributed by atoms with Gasteiger partial charge < -0.3 is 4.42 Å². The van der Waals surface area contributed by atoms with Crippen LogP contribution in [0.25, 0.3) is 0 Å². The van der Waals surface area contributed by atoms with E-state index in [4.69, 9.17) is 16.0 Å². The fourth-order valence-electron chi connectivity index (χ4n) is 0.935. The van der Waals surface area contributed by atoms with Crippen molar-refractivity contribution < 1.29 is 12.8 Å². The molecular formula is C8H12ClNO3S. The topological polar surface area (TPSA) is 59.3 Å². The van der Waals surface area contributed by atoms with E-state index in [1.54, 1.807) is 19.1 Å². The molecule has 0 aromatic carbocycles. The molecule has 4 nitrogen and oxygen atoms in total. The largest absolute Gasteiger partial charge is 0.465 e. The van der Waals surface area contributed by atoms with Crippen LogP contribution in [-0.4, -0.2) is 20.1 Å². The number of alkyl halides is 1. The summed E-state index contributed by atoms with van der Waals surface area (Å²) in [5.41, 5.74) is 0. The Morgan fingerprint density at radius 3 is 2.71 bits per heavy atom. The summed E-state index contributed by atoms with van der Waals surface area (Å²) in [4.78, 5) is 0. The van der Waals surface area contributed by atoms with Gasteiger partial charge >= 0.3 is 0 Å². The summed E-state index contributed by atoms with van der Waals surface area (Å²) in [6.07, 6.45) is 0. The van der Waals surface area contributed by atoms with Crippen LogP contribution in [0, 0.1) is 6.92 Å². The van der Waals surface area contributed by atoms with E-state index in [0.29, 0.717) is 5.76 Å². The maximum atomic E-state index is 11.2. The third-order valence-corrected chi connectivity index (χ3v) is 3.35. The van der Waals surface area contributed by atoms with Crippen molar-refractivity contribution in [3.63, 3.8) is 0 Å². The zero-order valence-electron chi connectivity index (χ0n) is 7.79. The zero-order chi connectivity index (χ0) is 10.6. The molecule has 0 bridgehead atoms. The number of sulfonamides is 1. The van der Waals surface area contributed by atoms with E-state index in [1.807, 2.05) is 0 Å². The maximum absolute atomic E-state index is 11.2. The lowest BCUT2D eigenvalue weighted by Crippen LogP contribution is -2.26. The number of nitrogens with one attached hydrogen (secondary N) is 1. The van der Waals surface area contributed by atoms with E-state index < -0.39 is 10.0 Å². The van der Waals surface area contributed by atoms with Crippen LogP contribution in [0.1, 0.15) is 11.5 Å². The van der Waals surface area contributed by atoms with E-state index in [9.17, 15) is 8.42 Å². The number of furan rings is 1. The van der Waals surface area contributed by atoms with E-state index >= 15 is 0 Å². The fraction of sp³-hybridized carbons (Fsp3) is 0.500. The number of halogens is 1. The van der Waals surface area contributed by atoms with Gasteiger partial charge in [-0.25, -0.2) is 13.1 Å². The quantitative estimate of drug-likeness (QED) is 0.784. The lowest BCUT2D eigenvalue weighted by atomic mass is 10.4. The first-order chi connectivity index (χ1) is 6.53. The van der Waals surface area contributed by atoms with E-state index in [1.165, 1.54) is 0 Å². The van der Waals surface area contributed by atoms with Gasteiger partial charge in [0.1, 0.15) is 11.5 Å². The van der Waals surface area contributed by atoms with Crippen molar-refractivity contribution >= 4 is 21.6 Å². The van der Waals surface area contributed by atoms with Crippen molar-refractivity contribution in [2.45, 2.75) is 13.5 Å². The van der Waals surface area contributed by atoms with Crippen molar-refractivity contribution in [3.05, 3.63) is 23.7 Å². The van der Waals surface area contributed by atoms with Crippen LogP contribution >= 0.6 is 11.6 Å². The second-order valence-electron chi connectivity index (χ2n) is 2.84. The average Bonchev–Trinajstić information content (AvgIpc) is 2.48. The Bertz CT molecular complexity index is 385. The minimum Gasteiger partial charge on any atom is -0.465 e. The van der Waals surface area contributed by atoms with Crippen LogP contribution in [-0.2, 0) is 16.6 Å². The highest BCUT2D eigenvalue weighted by molar-refractivity contribution is 7.89. The van der Waals surface area contributed by atoms with E-state index in [0.717, 1.165) is 5.76 Å². The van der Waals surface area contributed by atoms with Gasteiger partial charge in [-0.3, -0.25) is 0 Å². The highest BCUT2D eigenvalue weighted by Crippen LogP contribution is 2.05. The molecule has 1 rings (SSSR count). The molecule has 14 heavy (non-hydrogen) atoms. The number of aryl methyl sites for hydroxylation is 1. The van der Waals surface area contributed by atoms with Crippen molar-refractivity contribution in [1.82, 2.24) is 4.72 Å². The highest BCUT2D eigenvalue weighted by atomic mass is 35.5. The van der Waals surface area contributed by atoms with Crippen molar-refractivity contribution in [2.24, 2.45) is 0 Å². The summed E-state index contributed by atoms with van der Waals surface area (Å²) in [6.45, 7) is 1.98. The lowest BCUT2D eigenvalue weighted by molar-refractivity contribution is 0.475. The predicted octanol–water partition coefficient (Wildman–Crippen LogP) is 1.25. The minimum absolute atomic E-state index is 0.0752. The summed E-state index contributed by atoms with van der Waals surface area (Å²) in [7, 11) is -3.26. The first-order valence-electron chi connectivity index (χ1n) is 4.12. The standard InChI is InChI=1S/C8H12ClNO3S/c1-7-2-3-8(13-7)6-10-14(11,12)5-4-9/h2-3,10H,4-6H2,1H3. The fourth-order valence-corrected chi connectivity index (χ4v) is 2.25. The van der Waals surface area contributed by atoms with Gasteiger partial charge in [-0.05, 0) is 19.1 Å². The van der Waals surface area contributed by atoms with Crippen LogP contribution < -0.4 is 4.72 Å². The third-order valence-electron chi connectivity index (χ3n) is 1.61. The third kappa shape index (κ3) is 3.69.